The van der Waals surface area contributed by atoms with Gasteiger partial charge < -0.3 is 9.84 Å². The largest absolute Gasteiger partial charge is 0.508 e. The number of fused-ring (bicyclic) bond motifs is 5. The van der Waals surface area contributed by atoms with Crippen molar-refractivity contribution in [3.05, 3.63) is 64.3 Å². The first-order chi connectivity index (χ1) is 20.1. The van der Waals surface area contributed by atoms with Gasteiger partial charge in [-0.3, -0.25) is 19.2 Å². The summed E-state index contributed by atoms with van der Waals surface area (Å²) < 4.78 is 5.82. The summed E-state index contributed by atoms with van der Waals surface area (Å²) in [5, 5.41) is 9.59. The maximum atomic E-state index is 12.8. The molecule has 0 amide bonds. The smallest absolute Gasteiger partial charge is 0.303 e. The number of benzene rings is 1. The Morgan fingerprint density at radius 3 is 2.28 bits per heavy atom. The number of esters is 1. The van der Waals surface area contributed by atoms with Gasteiger partial charge in [-0.05, 0) is 132 Å². The molecule has 4 aliphatic rings. The van der Waals surface area contributed by atoms with E-state index in [-0.39, 0.29) is 39.9 Å². The van der Waals surface area contributed by atoms with Crippen LogP contribution in [-0.2, 0) is 25.5 Å². The van der Waals surface area contributed by atoms with E-state index in [0.717, 1.165) is 31.2 Å². The van der Waals surface area contributed by atoms with E-state index in [9.17, 15) is 24.3 Å². The summed E-state index contributed by atoms with van der Waals surface area (Å²) in [5.41, 5.74) is 3.79. The van der Waals surface area contributed by atoms with Crippen LogP contribution in [0.15, 0.2) is 53.1 Å². The molecule has 4 aliphatic carbocycles. The molecule has 0 radical (unpaired) electrons. The highest BCUT2D eigenvalue weighted by atomic mass is 16.6. The number of hydrogen-bond acceptors (Lipinski definition) is 6. The molecular formula is C37H48O6. The second-order valence-corrected chi connectivity index (χ2v) is 13.9. The maximum absolute atomic E-state index is 12.8. The highest BCUT2D eigenvalue weighted by Gasteiger charge is 2.67. The molecule has 0 heterocycles. The summed E-state index contributed by atoms with van der Waals surface area (Å²) in [7, 11) is 0. The molecule has 1 N–H and O–H groups in total. The Morgan fingerprint density at radius 1 is 1.00 bits per heavy atom. The molecule has 232 valence electrons. The average molecular weight is 589 g/mol. The van der Waals surface area contributed by atoms with E-state index in [1.165, 1.54) is 30.6 Å². The molecule has 0 aliphatic heterocycles. The van der Waals surface area contributed by atoms with Crippen LogP contribution in [0.25, 0.3) is 0 Å². The number of rotatable bonds is 5. The van der Waals surface area contributed by atoms with Gasteiger partial charge in [0.2, 0.25) is 0 Å². The number of phenolic OH excluding ortho intramolecular Hbond substituents is 1. The van der Waals surface area contributed by atoms with Gasteiger partial charge in [0.15, 0.2) is 23.0 Å². The molecule has 0 saturated heterocycles. The van der Waals surface area contributed by atoms with E-state index < -0.39 is 5.60 Å². The van der Waals surface area contributed by atoms with Gasteiger partial charge in [-0.2, -0.15) is 0 Å². The number of Topliss-reactive ketones (excluding diaryl/α,β-unsaturated/α-hetero) is 2. The standard InChI is InChI=1S/C24H32O4.C13H16O2/c1-14-12-18-19(22(4)9-6-17(27)13-21(14)22)7-10-23(5)20(18)8-11-24(23,15(2)25)28-16(3)26;1-9(2)4-5-12-8-11(10(3)14)6-7-13(12)15/h12-13,18-20H,6-11H2,1-5H3;4,6-8,15H,5H2,1-3H3. The van der Waals surface area contributed by atoms with Gasteiger partial charge >= 0.3 is 5.97 Å². The maximum Gasteiger partial charge on any atom is 0.303 e. The van der Waals surface area contributed by atoms with Crippen LogP contribution in [0.2, 0.25) is 0 Å². The van der Waals surface area contributed by atoms with Crippen molar-refractivity contribution in [1.29, 1.82) is 0 Å². The summed E-state index contributed by atoms with van der Waals surface area (Å²) >= 11 is 0. The lowest BCUT2D eigenvalue weighted by Gasteiger charge is -2.58. The second-order valence-electron chi connectivity index (χ2n) is 13.9. The molecule has 0 bridgehead atoms. The lowest BCUT2D eigenvalue weighted by atomic mass is 9.47. The molecule has 1 aromatic rings. The molecule has 0 spiro atoms. The van der Waals surface area contributed by atoms with Crippen LogP contribution in [0.1, 0.15) is 110 Å². The first-order valence-corrected chi connectivity index (χ1v) is 15.7. The molecule has 0 aromatic heterocycles. The third-order valence-electron chi connectivity index (χ3n) is 11.1. The van der Waals surface area contributed by atoms with Gasteiger partial charge in [0.25, 0.3) is 0 Å². The molecule has 6 atom stereocenters. The van der Waals surface area contributed by atoms with Crippen molar-refractivity contribution in [1.82, 2.24) is 0 Å². The van der Waals surface area contributed by atoms with Crippen molar-refractivity contribution in [2.45, 2.75) is 106 Å². The van der Waals surface area contributed by atoms with Crippen LogP contribution < -0.4 is 0 Å². The molecule has 43 heavy (non-hydrogen) atoms. The van der Waals surface area contributed by atoms with Crippen LogP contribution >= 0.6 is 0 Å². The molecule has 6 heteroatoms. The SMILES string of the molecule is CC(=O)OC1(C(C)=O)CCC2C3C=C(C)C4=CC(=O)CCC4(C)C3CCC21C.CC(=O)c1ccc(O)c(CC=C(C)C)c1. The number of phenols is 1. The molecule has 6 unspecified atom stereocenters. The normalized spacial score (nSPS) is 32.5. The number of ketones is 3. The number of ether oxygens (including phenoxy) is 1. The van der Waals surface area contributed by atoms with Crippen LogP contribution in [0.3, 0.4) is 0 Å². The van der Waals surface area contributed by atoms with Gasteiger partial charge in [0, 0.05) is 24.3 Å². The number of aromatic hydroxyl groups is 1. The quantitative estimate of drug-likeness (QED) is 0.215. The fourth-order valence-corrected chi connectivity index (χ4v) is 8.76. The topological polar surface area (TPSA) is 97.7 Å². The van der Waals surface area contributed by atoms with Crippen molar-refractivity contribution >= 4 is 23.3 Å². The zero-order chi connectivity index (χ0) is 31.9. The summed E-state index contributed by atoms with van der Waals surface area (Å²) in [6, 6.07) is 4.96. The minimum absolute atomic E-state index is 0.0160. The number of carbonyl (C=O) groups is 4. The van der Waals surface area contributed by atoms with Crippen LogP contribution in [0, 0.1) is 28.6 Å². The summed E-state index contributed by atoms with van der Waals surface area (Å²) in [6.07, 6.45) is 11.9. The average Bonchev–Trinajstić information content (AvgIpc) is 3.22. The number of hydrogen-bond donors (Lipinski definition) is 1. The van der Waals surface area contributed by atoms with Gasteiger partial charge in [-0.15, -0.1) is 0 Å². The molecule has 2 saturated carbocycles. The molecular weight excluding hydrogens is 540 g/mol. The van der Waals surface area contributed by atoms with Gasteiger partial charge in [-0.1, -0.05) is 37.1 Å². The first kappa shape index (κ1) is 32.6. The summed E-state index contributed by atoms with van der Waals surface area (Å²) in [5.74, 6) is 1.30. The van der Waals surface area contributed by atoms with E-state index in [2.05, 4.69) is 26.8 Å². The third kappa shape index (κ3) is 5.82. The van der Waals surface area contributed by atoms with Crippen molar-refractivity contribution in [3.8, 4) is 5.75 Å². The Morgan fingerprint density at radius 2 is 1.67 bits per heavy atom. The number of carbonyl (C=O) groups excluding carboxylic acids is 4. The van der Waals surface area contributed by atoms with Crippen LogP contribution in [0.4, 0.5) is 0 Å². The minimum atomic E-state index is -0.990. The third-order valence-corrected chi connectivity index (χ3v) is 11.1. The highest BCUT2D eigenvalue weighted by Crippen LogP contribution is 2.67. The van der Waals surface area contributed by atoms with E-state index in [4.69, 9.17) is 4.74 Å². The van der Waals surface area contributed by atoms with Crippen LogP contribution in [-0.4, -0.2) is 34.0 Å². The Labute approximate surface area is 256 Å². The second kappa shape index (κ2) is 12.0. The van der Waals surface area contributed by atoms with Gasteiger partial charge in [-0.25, -0.2) is 0 Å². The molecule has 5 rings (SSSR count). The summed E-state index contributed by atoms with van der Waals surface area (Å²) in [6.45, 7) is 15.2. The fourth-order valence-electron chi connectivity index (χ4n) is 8.76. The van der Waals surface area contributed by atoms with E-state index >= 15 is 0 Å². The predicted octanol–water partition coefficient (Wildman–Crippen LogP) is 7.68. The summed E-state index contributed by atoms with van der Waals surface area (Å²) in [4.78, 5) is 47.9. The Hall–Kier alpha value is -3.28. The van der Waals surface area contributed by atoms with Gasteiger partial charge in [0.05, 0.1) is 0 Å². The molecule has 6 nitrogen and oxygen atoms in total. The number of allylic oxidation sites excluding steroid dienone is 6. The van der Waals surface area contributed by atoms with Crippen molar-refractivity contribution in [2.75, 3.05) is 0 Å². The molecule has 1 aromatic carbocycles. The lowest BCUT2D eigenvalue weighted by molar-refractivity contribution is -0.185. The van der Waals surface area contributed by atoms with Crippen molar-refractivity contribution in [2.24, 2.45) is 28.6 Å². The Balaban J connectivity index is 0.000000239. The van der Waals surface area contributed by atoms with Crippen LogP contribution in [0.5, 0.6) is 5.75 Å². The fraction of sp³-hybridized carbons (Fsp3) is 0.568. The zero-order valence-electron chi connectivity index (χ0n) is 27.1. The monoisotopic (exact) mass is 588 g/mol. The minimum Gasteiger partial charge on any atom is -0.508 e. The van der Waals surface area contributed by atoms with Gasteiger partial charge in [0.1, 0.15) is 5.75 Å². The van der Waals surface area contributed by atoms with Crippen molar-refractivity contribution in [3.63, 3.8) is 0 Å². The predicted molar refractivity (Wildman–Crippen MR) is 168 cm³/mol. The van der Waals surface area contributed by atoms with E-state index in [1.807, 2.05) is 26.0 Å². The van der Waals surface area contributed by atoms with Crippen molar-refractivity contribution < 1.29 is 29.0 Å². The van der Waals surface area contributed by atoms with E-state index in [1.54, 1.807) is 25.1 Å². The van der Waals surface area contributed by atoms with E-state index in [0.29, 0.717) is 42.6 Å². The zero-order valence-corrected chi connectivity index (χ0v) is 27.1. The molecule has 2 fully saturated rings. The Kier molecular flexibility index (Phi) is 9.12. The Bertz CT molecular complexity index is 1420. The first-order valence-electron chi connectivity index (χ1n) is 15.7. The lowest BCUT2D eigenvalue weighted by Crippen LogP contribution is -2.58. The highest BCUT2D eigenvalue weighted by molar-refractivity contribution is 5.94.